The number of anilines is 3. The quantitative estimate of drug-likeness (QED) is 0.289. The molecule has 4 aromatic rings. The number of benzene rings is 4. The third kappa shape index (κ3) is 4.50. The zero-order valence-corrected chi connectivity index (χ0v) is 20.0. The molecule has 0 aliphatic rings. The van der Waals surface area contributed by atoms with Crippen LogP contribution in [0.5, 0.6) is 28.7 Å². The molecule has 174 valence electrons. The Bertz CT molecular complexity index is 1260. The van der Waals surface area contributed by atoms with Crippen LogP contribution in [0.25, 0.3) is 0 Å². The van der Waals surface area contributed by atoms with E-state index in [1.54, 1.807) is 36.4 Å². The summed E-state index contributed by atoms with van der Waals surface area (Å²) < 4.78 is 5.93. The molecule has 4 aromatic carbocycles. The Morgan fingerprint density at radius 2 is 1.06 bits per heavy atom. The van der Waals surface area contributed by atoms with E-state index in [0.29, 0.717) is 11.5 Å². The van der Waals surface area contributed by atoms with Gasteiger partial charge in [-0.3, -0.25) is 0 Å². The van der Waals surface area contributed by atoms with Crippen molar-refractivity contribution in [3.05, 3.63) is 94.5 Å². The summed E-state index contributed by atoms with van der Waals surface area (Å²) in [6, 6.07) is 19.9. The largest absolute Gasteiger partial charge is 0.508 e. The van der Waals surface area contributed by atoms with Crippen molar-refractivity contribution in [1.82, 2.24) is 0 Å². The van der Waals surface area contributed by atoms with Crippen LogP contribution in [0.4, 0.5) is 17.1 Å². The third-order valence-corrected chi connectivity index (χ3v) is 5.84. The van der Waals surface area contributed by atoms with Crippen molar-refractivity contribution in [2.75, 3.05) is 4.90 Å². The second-order valence-electron chi connectivity index (χ2n) is 8.76. The predicted molar refractivity (Wildman–Crippen MR) is 136 cm³/mol. The normalized spacial score (nSPS) is 10.9. The van der Waals surface area contributed by atoms with Crippen LogP contribution in [-0.4, -0.2) is 15.3 Å². The molecular weight excluding hydrogens is 426 g/mol. The highest BCUT2D eigenvalue weighted by molar-refractivity contribution is 5.84. The number of phenolic OH excluding ortho intramolecular Hbond substituents is 3. The van der Waals surface area contributed by atoms with Crippen LogP contribution >= 0.6 is 0 Å². The van der Waals surface area contributed by atoms with Crippen LogP contribution in [-0.2, 0) is 0 Å². The van der Waals surface area contributed by atoms with Gasteiger partial charge in [-0.15, -0.1) is 0 Å². The molecule has 0 radical (unpaired) electrons. The van der Waals surface area contributed by atoms with Gasteiger partial charge in [-0.25, -0.2) is 0 Å². The second-order valence-corrected chi connectivity index (χ2v) is 8.76. The smallest absolute Gasteiger partial charge is 0.169 e. The van der Waals surface area contributed by atoms with E-state index in [9.17, 15) is 15.3 Å². The predicted octanol–water partition coefficient (Wildman–Crippen LogP) is 7.61. The fraction of sp³-hybridized carbons (Fsp3) is 0.172. The van der Waals surface area contributed by atoms with E-state index in [2.05, 4.69) is 4.90 Å². The van der Waals surface area contributed by atoms with Gasteiger partial charge in [0.25, 0.3) is 0 Å². The Morgan fingerprint density at radius 1 is 0.588 bits per heavy atom. The summed E-state index contributed by atoms with van der Waals surface area (Å²) in [4.78, 5) is 2.14. The number of phenols is 3. The zero-order valence-electron chi connectivity index (χ0n) is 20.0. The summed E-state index contributed by atoms with van der Waals surface area (Å²) in [5.74, 6) is 1.53. The number of nitrogens with zero attached hydrogens (tertiary/aromatic N) is 1. The van der Waals surface area contributed by atoms with Gasteiger partial charge in [0.1, 0.15) is 17.2 Å². The maximum atomic E-state index is 10.1. The molecule has 0 bridgehead atoms. The summed E-state index contributed by atoms with van der Waals surface area (Å²) >= 11 is 0. The van der Waals surface area contributed by atoms with Gasteiger partial charge >= 0.3 is 0 Å². The molecule has 0 saturated heterocycles. The molecule has 0 atom stereocenters. The van der Waals surface area contributed by atoms with E-state index in [1.165, 1.54) is 0 Å². The summed E-state index contributed by atoms with van der Waals surface area (Å²) in [5, 5.41) is 30.4. The minimum Gasteiger partial charge on any atom is -0.508 e. The average Bonchev–Trinajstić information content (AvgIpc) is 2.74. The highest BCUT2D eigenvalue weighted by Crippen LogP contribution is 2.44. The first kappa shape index (κ1) is 23.1. The van der Waals surface area contributed by atoms with Crippen LogP contribution in [0.15, 0.2) is 66.7 Å². The Balaban J connectivity index is 1.83. The molecule has 3 N–H and O–H groups in total. The first-order valence-corrected chi connectivity index (χ1v) is 11.1. The van der Waals surface area contributed by atoms with Crippen molar-refractivity contribution in [2.45, 2.75) is 34.6 Å². The molecule has 0 aliphatic heterocycles. The molecule has 0 heterocycles. The van der Waals surface area contributed by atoms with Crippen LogP contribution in [0.3, 0.4) is 0 Å². The Hall–Kier alpha value is -4.12. The Labute approximate surface area is 200 Å². The van der Waals surface area contributed by atoms with Crippen molar-refractivity contribution in [3.8, 4) is 28.7 Å². The lowest BCUT2D eigenvalue weighted by molar-refractivity contribution is 0.411. The first-order valence-electron chi connectivity index (χ1n) is 11.1. The fourth-order valence-electron chi connectivity index (χ4n) is 4.43. The van der Waals surface area contributed by atoms with Crippen molar-refractivity contribution < 1.29 is 20.1 Å². The van der Waals surface area contributed by atoms with E-state index >= 15 is 0 Å². The van der Waals surface area contributed by atoms with E-state index < -0.39 is 0 Å². The number of aromatic hydroxyl groups is 3. The van der Waals surface area contributed by atoms with Gasteiger partial charge in [0.05, 0.1) is 11.4 Å². The maximum Gasteiger partial charge on any atom is 0.169 e. The van der Waals surface area contributed by atoms with E-state index in [-0.39, 0.29) is 17.2 Å². The number of hydrogen-bond donors (Lipinski definition) is 3. The molecule has 0 unspecified atom stereocenters. The summed E-state index contributed by atoms with van der Waals surface area (Å²) in [7, 11) is 0. The van der Waals surface area contributed by atoms with E-state index in [1.807, 2.05) is 65.0 Å². The van der Waals surface area contributed by atoms with Gasteiger partial charge in [0, 0.05) is 5.69 Å². The fourth-order valence-corrected chi connectivity index (χ4v) is 4.43. The Kier molecular flexibility index (Phi) is 6.12. The molecule has 5 heteroatoms. The number of rotatable bonds is 5. The van der Waals surface area contributed by atoms with Crippen LogP contribution in [0, 0.1) is 34.6 Å². The van der Waals surface area contributed by atoms with Crippen molar-refractivity contribution in [3.63, 3.8) is 0 Å². The van der Waals surface area contributed by atoms with Crippen LogP contribution in [0.2, 0.25) is 0 Å². The molecule has 0 saturated carbocycles. The standard InChI is InChI=1S/C29H29NO4/c1-17-6-11-26(33)27(12-17)34-25-9-7-22(8-10-25)30(28-18(2)13-23(31)14-19(28)3)29-20(4)15-24(32)16-21(29)5/h6-16,31-33H,1-5H3. The molecule has 0 spiro atoms. The minimum absolute atomic E-state index is 0.0852. The Morgan fingerprint density at radius 3 is 1.53 bits per heavy atom. The van der Waals surface area contributed by atoms with Gasteiger partial charge < -0.3 is 25.0 Å². The van der Waals surface area contributed by atoms with Gasteiger partial charge in [-0.1, -0.05) is 6.07 Å². The SMILES string of the molecule is Cc1ccc(O)c(Oc2ccc(N(c3c(C)cc(O)cc3C)c3c(C)cc(O)cc3C)cc2)c1. The molecule has 4 rings (SSSR count). The minimum atomic E-state index is 0.0852. The summed E-state index contributed by atoms with van der Waals surface area (Å²) in [6.45, 7) is 9.82. The molecule has 0 amide bonds. The molecule has 0 aromatic heterocycles. The molecule has 0 fully saturated rings. The summed E-state index contributed by atoms with van der Waals surface area (Å²) in [5.41, 5.74) is 7.51. The maximum absolute atomic E-state index is 10.1. The average molecular weight is 456 g/mol. The van der Waals surface area contributed by atoms with E-state index in [4.69, 9.17) is 4.74 Å². The second kappa shape index (κ2) is 9.02. The van der Waals surface area contributed by atoms with Gasteiger partial charge in [0.15, 0.2) is 11.5 Å². The third-order valence-electron chi connectivity index (χ3n) is 5.84. The first-order chi connectivity index (χ1) is 16.1. The number of ether oxygens (including phenoxy) is 1. The lowest BCUT2D eigenvalue weighted by Gasteiger charge is -2.31. The van der Waals surface area contributed by atoms with Crippen LogP contribution < -0.4 is 9.64 Å². The van der Waals surface area contributed by atoms with Crippen molar-refractivity contribution in [2.24, 2.45) is 0 Å². The highest BCUT2D eigenvalue weighted by atomic mass is 16.5. The van der Waals surface area contributed by atoms with Gasteiger partial charge in [-0.05, 0) is 123 Å². The molecule has 34 heavy (non-hydrogen) atoms. The molecule has 0 aliphatic carbocycles. The van der Waals surface area contributed by atoms with E-state index in [0.717, 1.165) is 44.9 Å². The lowest BCUT2D eigenvalue weighted by atomic mass is 10.0. The van der Waals surface area contributed by atoms with Gasteiger partial charge in [-0.2, -0.15) is 0 Å². The summed E-state index contributed by atoms with van der Waals surface area (Å²) in [6.07, 6.45) is 0. The molecular formula is C29H29NO4. The zero-order chi connectivity index (χ0) is 24.6. The number of aryl methyl sites for hydroxylation is 5. The van der Waals surface area contributed by atoms with Gasteiger partial charge in [0.2, 0.25) is 0 Å². The van der Waals surface area contributed by atoms with Crippen LogP contribution in [0.1, 0.15) is 27.8 Å². The molecule has 5 nitrogen and oxygen atoms in total. The van der Waals surface area contributed by atoms with Crippen molar-refractivity contribution >= 4 is 17.1 Å². The topological polar surface area (TPSA) is 73.2 Å². The van der Waals surface area contributed by atoms with Crippen molar-refractivity contribution in [1.29, 1.82) is 0 Å². The lowest BCUT2D eigenvalue weighted by Crippen LogP contribution is -2.15. The highest BCUT2D eigenvalue weighted by Gasteiger charge is 2.21. The monoisotopic (exact) mass is 455 g/mol. The number of hydrogen-bond acceptors (Lipinski definition) is 5.